The second kappa shape index (κ2) is 13.2. The van der Waals surface area contributed by atoms with Crippen LogP contribution in [0.3, 0.4) is 0 Å². The zero-order chi connectivity index (χ0) is 29.6. The quantitative estimate of drug-likeness (QED) is 0.160. The van der Waals surface area contributed by atoms with Gasteiger partial charge < -0.3 is 5.32 Å². The fourth-order valence-electron chi connectivity index (χ4n) is 3.74. The van der Waals surface area contributed by atoms with Gasteiger partial charge in [-0.05, 0) is 67.1 Å². The van der Waals surface area contributed by atoms with Gasteiger partial charge in [0.2, 0.25) is 0 Å². The van der Waals surface area contributed by atoms with Crippen molar-refractivity contribution in [1.82, 2.24) is 5.43 Å². The Morgan fingerprint density at radius 1 is 0.829 bits per heavy atom. The molecule has 210 valence electrons. The van der Waals surface area contributed by atoms with Crippen molar-refractivity contribution in [2.24, 2.45) is 5.10 Å². The van der Waals surface area contributed by atoms with Crippen LogP contribution in [0.25, 0.3) is 0 Å². The van der Waals surface area contributed by atoms with Crippen molar-refractivity contribution in [2.75, 3.05) is 16.2 Å². The highest BCUT2D eigenvalue weighted by atomic mass is 35.5. The van der Waals surface area contributed by atoms with Gasteiger partial charge in [0.1, 0.15) is 6.54 Å². The van der Waals surface area contributed by atoms with E-state index >= 15 is 0 Å². The number of nitrogens with zero attached hydrogens (tertiary/aromatic N) is 2. The molecule has 0 spiro atoms. The van der Waals surface area contributed by atoms with Gasteiger partial charge in [-0.15, -0.1) is 0 Å². The summed E-state index contributed by atoms with van der Waals surface area (Å²) in [5.41, 5.74) is 4.37. The lowest BCUT2D eigenvalue weighted by atomic mass is 10.1. The minimum Gasteiger partial charge on any atom is -0.322 e. The van der Waals surface area contributed by atoms with Crippen LogP contribution in [0.1, 0.15) is 22.8 Å². The number of benzene rings is 4. The summed E-state index contributed by atoms with van der Waals surface area (Å²) in [4.78, 5) is 25.5. The summed E-state index contributed by atoms with van der Waals surface area (Å²) in [6.45, 7) is 1.04. The molecular formula is C29H23Cl3N4O4S. The number of carbonyl (C=O) groups excluding carboxylic acids is 2. The molecule has 41 heavy (non-hydrogen) atoms. The minimum atomic E-state index is -4.19. The van der Waals surface area contributed by atoms with E-state index in [1.54, 1.807) is 73.7 Å². The van der Waals surface area contributed by atoms with Gasteiger partial charge in [-0.1, -0.05) is 77.3 Å². The third-order valence-corrected chi connectivity index (χ3v) is 8.61. The van der Waals surface area contributed by atoms with E-state index in [9.17, 15) is 18.0 Å². The number of carbonyl (C=O) groups is 2. The largest absolute Gasteiger partial charge is 0.322 e. The first-order chi connectivity index (χ1) is 19.6. The zero-order valence-corrected chi connectivity index (χ0v) is 24.6. The molecule has 0 fully saturated rings. The van der Waals surface area contributed by atoms with Crippen LogP contribution in [-0.4, -0.2) is 32.5 Å². The summed E-state index contributed by atoms with van der Waals surface area (Å²) in [7, 11) is -4.19. The first-order valence-corrected chi connectivity index (χ1v) is 14.7. The summed E-state index contributed by atoms with van der Waals surface area (Å²) in [6, 6.07) is 25.6. The molecule has 0 bridgehead atoms. The summed E-state index contributed by atoms with van der Waals surface area (Å²) < 4.78 is 27.9. The van der Waals surface area contributed by atoms with E-state index in [0.29, 0.717) is 27.5 Å². The Balaban J connectivity index is 1.52. The van der Waals surface area contributed by atoms with Crippen molar-refractivity contribution in [3.8, 4) is 0 Å². The Kier molecular flexibility index (Phi) is 9.67. The molecule has 0 aromatic heterocycles. The molecular weight excluding hydrogens is 607 g/mol. The van der Waals surface area contributed by atoms with Gasteiger partial charge in [-0.2, -0.15) is 5.10 Å². The maximum absolute atomic E-state index is 13.5. The van der Waals surface area contributed by atoms with E-state index in [4.69, 9.17) is 34.8 Å². The normalized spacial score (nSPS) is 11.6. The van der Waals surface area contributed by atoms with Crippen LogP contribution in [0.15, 0.2) is 107 Å². The van der Waals surface area contributed by atoms with E-state index in [1.807, 2.05) is 0 Å². The predicted molar refractivity (Wildman–Crippen MR) is 164 cm³/mol. The number of hydrogen-bond donors (Lipinski definition) is 2. The molecule has 0 aliphatic carbocycles. The fraction of sp³-hybridized carbons (Fsp3) is 0.0690. The molecule has 4 aromatic carbocycles. The van der Waals surface area contributed by atoms with Crippen LogP contribution in [0.4, 0.5) is 11.4 Å². The molecule has 0 radical (unpaired) electrons. The second-order valence-corrected chi connectivity index (χ2v) is 11.8. The maximum Gasteiger partial charge on any atom is 0.264 e. The molecule has 2 N–H and O–H groups in total. The van der Waals surface area contributed by atoms with Gasteiger partial charge in [0.15, 0.2) is 0 Å². The van der Waals surface area contributed by atoms with Gasteiger partial charge in [0, 0.05) is 16.3 Å². The van der Waals surface area contributed by atoms with E-state index in [-0.39, 0.29) is 26.5 Å². The average Bonchev–Trinajstić information content (AvgIpc) is 2.97. The topological polar surface area (TPSA) is 108 Å². The maximum atomic E-state index is 13.5. The van der Waals surface area contributed by atoms with Gasteiger partial charge >= 0.3 is 0 Å². The summed E-state index contributed by atoms with van der Waals surface area (Å²) in [5.74, 6) is -1.06. The van der Waals surface area contributed by atoms with Gasteiger partial charge in [0.25, 0.3) is 21.8 Å². The van der Waals surface area contributed by atoms with Crippen molar-refractivity contribution in [3.05, 3.63) is 123 Å². The first-order valence-electron chi connectivity index (χ1n) is 12.1. The van der Waals surface area contributed by atoms with Crippen molar-refractivity contribution in [2.45, 2.75) is 11.8 Å². The highest BCUT2D eigenvalue weighted by Crippen LogP contribution is 2.35. The fourth-order valence-corrected chi connectivity index (χ4v) is 5.83. The molecule has 0 aliphatic heterocycles. The average molecular weight is 630 g/mol. The monoisotopic (exact) mass is 628 g/mol. The standard InChI is InChI=1S/C29H23Cl3N4O4S/c1-19(20-8-6-11-23(17-20)33-29(38)21-9-5-10-22(30)16-21)34-35-27(37)18-36(26-15-7-14-25(31)28(26)32)41(39,40)24-12-3-2-4-13-24/h2-17H,18H2,1H3,(H,33,38)(H,35,37)/b34-19-. The second-order valence-electron chi connectivity index (χ2n) is 8.68. The van der Waals surface area contributed by atoms with E-state index < -0.39 is 22.5 Å². The molecule has 0 atom stereocenters. The molecule has 0 aliphatic rings. The molecule has 2 amide bonds. The Bertz CT molecular complexity index is 1730. The number of hydrazone groups is 1. The van der Waals surface area contributed by atoms with Crippen LogP contribution in [0.5, 0.6) is 0 Å². The van der Waals surface area contributed by atoms with Gasteiger partial charge in [-0.3, -0.25) is 13.9 Å². The molecule has 0 heterocycles. The number of nitrogens with one attached hydrogen (secondary N) is 2. The molecule has 0 saturated carbocycles. The van der Waals surface area contributed by atoms with Crippen LogP contribution in [-0.2, 0) is 14.8 Å². The number of hydrogen-bond acceptors (Lipinski definition) is 5. The number of amides is 2. The molecule has 4 aromatic rings. The van der Waals surface area contributed by atoms with E-state index in [2.05, 4.69) is 15.8 Å². The Labute approximate surface area is 252 Å². The third-order valence-electron chi connectivity index (χ3n) is 5.79. The zero-order valence-electron chi connectivity index (χ0n) is 21.5. The number of rotatable bonds is 9. The lowest BCUT2D eigenvalue weighted by Crippen LogP contribution is -2.40. The lowest BCUT2D eigenvalue weighted by molar-refractivity contribution is -0.119. The molecule has 8 nitrogen and oxygen atoms in total. The number of sulfonamides is 1. The Morgan fingerprint density at radius 3 is 2.24 bits per heavy atom. The number of halogens is 3. The lowest BCUT2D eigenvalue weighted by Gasteiger charge is -2.25. The first kappa shape index (κ1) is 30.1. The van der Waals surface area contributed by atoms with E-state index in [0.717, 1.165) is 4.31 Å². The highest BCUT2D eigenvalue weighted by Gasteiger charge is 2.29. The smallest absolute Gasteiger partial charge is 0.264 e. The van der Waals surface area contributed by atoms with Crippen LogP contribution in [0, 0.1) is 0 Å². The van der Waals surface area contributed by atoms with Crippen LogP contribution < -0.4 is 15.0 Å². The Morgan fingerprint density at radius 2 is 1.51 bits per heavy atom. The summed E-state index contributed by atoms with van der Waals surface area (Å²) in [6.07, 6.45) is 0. The van der Waals surface area contributed by atoms with E-state index in [1.165, 1.54) is 30.3 Å². The number of anilines is 2. The van der Waals surface area contributed by atoms with Crippen LogP contribution in [0.2, 0.25) is 15.1 Å². The highest BCUT2D eigenvalue weighted by molar-refractivity contribution is 7.92. The van der Waals surface area contributed by atoms with Crippen molar-refractivity contribution < 1.29 is 18.0 Å². The molecule has 0 unspecified atom stereocenters. The molecule has 0 saturated heterocycles. The van der Waals surface area contributed by atoms with Crippen LogP contribution >= 0.6 is 34.8 Å². The van der Waals surface area contributed by atoms with Gasteiger partial charge in [0.05, 0.1) is 26.3 Å². The van der Waals surface area contributed by atoms with Crippen molar-refractivity contribution in [1.29, 1.82) is 0 Å². The minimum absolute atomic E-state index is 0.0159. The molecule has 12 heteroatoms. The molecule has 4 rings (SSSR count). The SMILES string of the molecule is C/C(=N/NC(=O)CN(c1cccc(Cl)c1Cl)S(=O)(=O)c1ccccc1)c1cccc(NC(=O)c2cccc(Cl)c2)c1. The summed E-state index contributed by atoms with van der Waals surface area (Å²) in [5, 5.41) is 7.49. The van der Waals surface area contributed by atoms with Crippen molar-refractivity contribution >= 4 is 73.7 Å². The third kappa shape index (κ3) is 7.45. The van der Waals surface area contributed by atoms with Crippen molar-refractivity contribution in [3.63, 3.8) is 0 Å². The summed E-state index contributed by atoms with van der Waals surface area (Å²) >= 11 is 18.5. The predicted octanol–water partition coefficient (Wildman–Crippen LogP) is 6.63. The van der Waals surface area contributed by atoms with Gasteiger partial charge in [-0.25, -0.2) is 13.8 Å². The Hall–Kier alpha value is -3.89.